The molecule has 1 fully saturated rings. The number of carbonyl (C=O) groups is 3. The molecule has 1 saturated heterocycles. The second-order valence-electron chi connectivity index (χ2n) is 6.12. The number of hydrogen-bond donors (Lipinski definition) is 4. The van der Waals surface area contributed by atoms with E-state index in [1.165, 1.54) is 4.90 Å². The predicted molar refractivity (Wildman–Crippen MR) is 96.9 cm³/mol. The second kappa shape index (κ2) is 7.85. The van der Waals surface area contributed by atoms with Gasteiger partial charge in [0.15, 0.2) is 5.96 Å². The van der Waals surface area contributed by atoms with Crippen molar-refractivity contribution in [2.24, 2.45) is 4.99 Å². The summed E-state index contributed by atoms with van der Waals surface area (Å²) in [5.41, 5.74) is 1.94. The van der Waals surface area contributed by atoms with Crippen LogP contribution in [0.15, 0.2) is 29.3 Å². The van der Waals surface area contributed by atoms with Crippen LogP contribution in [-0.4, -0.2) is 61.9 Å². The van der Waals surface area contributed by atoms with Crippen molar-refractivity contribution in [1.29, 1.82) is 0 Å². The Morgan fingerprint density at radius 1 is 1.27 bits per heavy atom. The van der Waals surface area contributed by atoms with Crippen LogP contribution >= 0.6 is 0 Å². The third kappa shape index (κ3) is 3.93. The highest BCUT2D eigenvalue weighted by Crippen LogP contribution is 2.31. The maximum atomic E-state index is 11.9. The molecule has 0 radical (unpaired) electrons. The van der Waals surface area contributed by atoms with Gasteiger partial charge in [0.25, 0.3) is 0 Å². The molecule has 2 aliphatic rings. The number of amides is 4. The van der Waals surface area contributed by atoms with Gasteiger partial charge in [-0.15, -0.1) is 0 Å². The van der Waals surface area contributed by atoms with E-state index in [-0.39, 0.29) is 36.9 Å². The Balaban J connectivity index is 1.51. The number of para-hydroxylation sites is 1. The van der Waals surface area contributed by atoms with Gasteiger partial charge >= 0.3 is 6.03 Å². The van der Waals surface area contributed by atoms with Crippen LogP contribution in [0.1, 0.15) is 17.9 Å². The molecule has 1 aromatic rings. The first kappa shape index (κ1) is 17.7. The van der Waals surface area contributed by atoms with Crippen LogP contribution in [0.4, 0.5) is 10.5 Å². The highest BCUT2D eigenvalue weighted by molar-refractivity contribution is 6.02. The van der Waals surface area contributed by atoms with Crippen LogP contribution in [0.5, 0.6) is 0 Å². The van der Waals surface area contributed by atoms with E-state index in [1.54, 1.807) is 7.05 Å². The molecule has 0 saturated carbocycles. The van der Waals surface area contributed by atoms with Crippen LogP contribution in [0, 0.1) is 0 Å². The van der Waals surface area contributed by atoms with Crippen molar-refractivity contribution in [3.63, 3.8) is 0 Å². The van der Waals surface area contributed by atoms with E-state index in [0.717, 1.165) is 11.3 Å². The summed E-state index contributed by atoms with van der Waals surface area (Å²) in [7, 11) is 1.64. The molecule has 2 heterocycles. The molecule has 0 bridgehead atoms. The summed E-state index contributed by atoms with van der Waals surface area (Å²) < 4.78 is 0. The molecule has 3 rings (SSSR count). The van der Waals surface area contributed by atoms with Crippen LogP contribution in [-0.2, 0) is 9.59 Å². The third-order valence-electron chi connectivity index (χ3n) is 4.41. The highest BCUT2D eigenvalue weighted by Gasteiger charge is 2.28. The quantitative estimate of drug-likeness (QED) is 0.331. The number of carbonyl (C=O) groups excluding carboxylic acids is 3. The maximum absolute atomic E-state index is 11.9. The van der Waals surface area contributed by atoms with E-state index in [0.29, 0.717) is 25.5 Å². The Labute approximate surface area is 151 Å². The minimum atomic E-state index is -0.371. The predicted octanol–water partition coefficient (Wildman–Crippen LogP) is -0.171. The van der Waals surface area contributed by atoms with Gasteiger partial charge in [0.1, 0.15) is 0 Å². The van der Waals surface area contributed by atoms with Gasteiger partial charge in [0.05, 0.1) is 6.54 Å². The van der Waals surface area contributed by atoms with Gasteiger partial charge in [0.2, 0.25) is 11.8 Å². The van der Waals surface area contributed by atoms with Gasteiger partial charge in [-0.2, -0.15) is 0 Å². The molecule has 9 nitrogen and oxygen atoms in total. The maximum Gasteiger partial charge on any atom is 0.324 e. The molecule has 1 aromatic carbocycles. The third-order valence-corrected chi connectivity index (χ3v) is 4.41. The minimum Gasteiger partial charge on any atom is -0.356 e. The molecular weight excluding hydrogens is 336 g/mol. The van der Waals surface area contributed by atoms with Crippen molar-refractivity contribution < 1.29 is 14.4 Å². The van der Waals surface area contributed by atoms with Gasteiger partial charge in [-0.3, -0.25) is 19.5 Å². The molecule has 26 heavy (non-hydrogen) atoms. The van der Waals surface area contributed by atoms with E-state index in [9.17, 15) is 14.4 Å². The van der Waals surface area contributed by atoms with E-state index >= 15 is 0 Å². The molecule has 0 aliphatic carbocycles. The largest absolute Gasteiger partial charge is 0.356 e. The van der Waals surface area contributed by atoms with Crippen molar-refractivity contribution >= 4 is 29.5 Å². The fourth-order valence-corrected chi connectivity index (χ4v) is 3.09. The first-order valence-electron chi connectivity index (χ1n) is 8.50. The zero-order valence-electron chi connectivity index (χ0n) is 14.5. The van der Waals surface area contributed by atoms with Gasteiger partial charge < -0.3 is 21.3 Å². The lowest BCUT2D eigenvalue weighted by Gasteiger charge is -2.26. The minimum absolute atomic E-state index is 0.00277. The summed E-state index contributed by atoms with van der Waals surface area (Å²) in [4.78, 5) is 40.2. The van der Waals surface area contributed by atoms with Crippen LogP contribution in [0.3, 0.4) is 0 Å². The molecule has 4 N–H and O–H groups in total. The Kier molecular flexibility index (Phi) is 5.35. The standard InChI is InChI=1S/C17H22N6O3/c1-18-16(19-6-7-23-15(25)10-21-17(23)26)20-9-11-8-14(24)22-13-5-3-2-4-12(11)13/h2-5,11H,6-10H2,1H3,(H,21,26)(H,22,24)(H2,18,19,20). The molecule has 0 aromatic heterocycles. The first-order chi connectivity index (χ1) is 12.6. The number of nitrogens with one attached hydrogen (secondary N) is 4. The number of benzene rings is 1. The summed E-state index contributed by atoms with van der Waals surface area (Å²) in [5, 5.41) is 11.6. The average Bonchev–Trinajstić information content (AvgIpc) is 2.96. The van der Waals surface area contributed by atoms with Crippen LogP contribution < -0.4 is 21.3 Å². The SMILES string of the molecule is CN=C(NCCN1C(=O)CNC1=O)NCC1CC(=O)Nc2ccccc21. The number of fused-ring (bicyclic) bond motifs is 1. The fourth-order valence-electron chi connectivity index (χ4n) is 3.09. The molecule has 4 amide bonds. The Morgan fingerprint density at radius 3 is 2.81 bits per heavy atom. The van der Waals surface area contributed by atoms with Crippen LogP contribution in [0.2, 0.25) is 0 Å². The summed E-state index contributed by atoms with van der Waals surface area (Å²) in [5.74, 6) is 0.367. The highest BCUT2D eigenvalue weighted by atomic mass is 16.2. The molecule has 138 valence electrons. The van der Waals surface area contributed by atoms with Gasteiger partial charge in [-0.1, -0.05) is 18.2 Å². The number of anilines is 1. The number of rotatable bonds is 5. The van der Waals surface area contributed by atoms with E-state index in [4.69, 9.17) is 0 Å². The summed E-state index contributed by atoms with van der Waals surface area (Å²) in [6, 6.07) is 7.38. The Morgan fingerprint density at radius 2 is 2.08 bits per heavy atom. The molecule has 1 atom stereocenters. The monoisotopic (exact) mass is 358 g/mol. The molecular formula is C17H22N6O3. The fraction of sp³-hybridized carbons (Fsp3) is 0.412. The second-order valence-corrected chi connectivity index (χ2v) is 6.12. The van der Waals surface area contributed by atoms with Crippen molar-refractivity contribution in [3.05, 3.63) is 29.8 Å². The Bertz CT molecular complexity index is 732. The topological polar surface area (TPSA) is 115 Å². The summed E-state index contributed by atoms with van der Waals surface area (Å²) in [6.45, 7) is 1.25. The number of guanidine groups is 1. The van der Waals surface area contributed by atoms with Crippen LogP contribution in [0.25, 0.3) is 0 Å². The number of nitrogens with zero attached hydrogens (tertiary/aromatic N) is 2. The zero-order valence-corrected chi connectivity index (χ0v) is 14.5. The average molecular weight is 358 g/mol. The van der Waals surface area contributed by atoms with E-state index in [1.807, 2.05) is 24.3 Å². The Hall–Kier alpha value is -3.10. The first-order valence-corrected chi connectivity index (χ1v) is 8.50. The number of aliphatic imine (C=N–C) groups is 1. The van der Waals surface area contributed by atoms with Crippen molar-refractivity contribution in [2.75, 3.05) is 38.5 Å². The smallest absolute Gasteiger partial charge is 0.324 e. The molecule has 1 unspecified atom stereocenters. The number of hydrogen-bond acceptors (Lipinski definition) is 4. The van der Waals surface area contributed by atoms with Gasteiger partial charge in [-0.25, -0.2) is 4.79 Å². The zero-order chi connectivity index (χ0) is 18.5. The molecule has 9 heteroatoms. The summed E-state index contributed by atoms with van der Waals surface area (Å²) in [6.07, 6.45) is 0.406. The van der Waals surface area contributed by atoms with Gasteiger partial charge in [-0.05, 0) is 11.6 Å². The van der Waals surface area contributed by atoms with Gasteiger partial charge in [0, 0.05) is 44.7 Å². The lowest BCUT2D eigenvalue weighted by molar-refractivity contribution is -0.125. The van der Waals surface area contributed by atoms with E-state index in [2.05, 4.69) is 26.3 Å². The normalized spacial score (nSPS) is 19.7. The lowest BCUT2D eigenvalue weighted by atomic mass is 9.90. The lowest BCUT2D eigenvalue weighted by Crippen LogP contribution is -2.44. The molecule has 0 spiro atoms. The molecule has 2 aliphatic heterocycles. The van der Waals surface area contributed by atoms with E-state index < -0.39 is 0 Å². The number of urea groups is 1. The number of imide groups is 1. The van der Waals surface area contributed by atoms with Crippen molar-refractivity contribution in [2.45, 2.75) is 12.3 Å². The van der Waals surface area contributed by atoms with Crippen molar-refractivity contribution in [3.8, 4) is 0 Å². The summed E-state index contributed by atoms with van der Waals surface area (Å²) >= 11 is 0. The van der Waals surface area contributed by atoms with Crippen molar-refractivity contribution in [1.82, 2.24) is 20.9 Å².